The number of rotatable bonds is 16. The molecule has 2 atom stereocenters. The van der Waals surface area contributed by atoms with E-state index in [1.165, 1.54) is 0 Å². The molecular weight excluding hydrogens is 580 g/mol. The molecule has 0 saturated heterocycles. The minimum atomic E-state index is -2.57. The molecule has 0 aliphatic heterocycles. The van der Waals surface area contributed by atoms with Gasteiger partial charge in [0.25, 0.3) is 7.63 Å². The number of hydrogen-bond acceptors (Lipinski definition) is 6. The van der Waals surface area contributed by atoms with E-state index < -0.39 is 58.7 Å². The SMILES string of the molecule is CCC(C)[Si](Cl)(O[Si](C)(C)O[Si](C)(C)O[Si](C)(C)O[Si](C)(C)O[Si](C)(C)O[Si](C)(C)C)C(C)CC. The van der Waals surface area contributed by atoms with Crippen molar-refractivity contribution in [2.24, 2.45) is 0 Å². The van der Waals surface area contributed by atoms with Gasteiger partial charge in [0.05, 0.1) is 0 Å². The van der Waals surface area contributed by atoms with Crippen molar-refractivity contribution < 1.29 is 24.7 Å². The highest BCUT2D eigenvalue weighted by Crippen LogP contribution is 2.43. The first-order valence-electron chi connectivity index (χ1n) is 13.1. The van der Waals surface area contributed by atoms with Crippen LogP contribution in [0, 0.1) is 0 Å². The maximum absolute atomic E-state index is 7.30. The van der Waals surface area contributed by atoms with Crippen molar-refractivity contribution in [2.45, 2.75) is 137 Å². The second kappa shape index (κ2) is 12.8. The second-order valence-electron chi connectivity index (χ2n) is 13.0. The van der Waals surface area contributed by atoms with Crippen LogP contribution in [0.5, 0.6) is 0 Å². The fourth-order valence-electron chi connectivity index (χ4n) is 4.83. The first-order valence-corrected chi connectivity index (χ1v) is 33.7. The van der Waals surface area contributed by atoms with Crippen molar-refractivity contribution in [3.63, 3.8) is 0 Å². The van der Waals surface area contributed by atoms with Crippen LogP contribution in [0.25, 0.3) is 0 Å². The Morgan fingerprint density at radius 3 is 0.914 bits per heavy atom. The Kier molecular flexibility index (Phi) is 13.4. The molecule has 0 aromatic carbocycles. The van der Waals surface area contributed by atoms with E-state index in [0.717, 1.165) is 12.8 Å². The van der Waals surface area contributed by atoms with E-state index in [1.807, 2.05) is 0 Å². The van der Waals surface area contributed by atoms with E-state index in [9.17, 15) is 0 Å². The summed E-state index contributed by atoms with van der Waals surface area (Å²) in [5, 5.41) is 0. The van der Waals surface area contributed by atoms with Crippen molar-refractivity contribution in [2.75, 3.05) is 0 Å². The molecule has 0 spiro atoms. The van der Waals surface area contributed by atoms with Gasteiger partial charge in [0.15, 0.2) is 8.32 Å². The highest BCUT2D eigenvalue weighted by atomic mass is 35.6. The predicted molar refractivity (Wildman–Crippen MR) is 168 cm³/mol. The number of hydrogen-bond donors (Lipinski definition) is 0. The van der Waals surface area contributed by atoms with Crippen molar-refractivity contribution in [3.05, 3.63) is 0 Å². The Bertz CT molecular complexity index is 661. The van der Waals surface area contributed by atoms with Crippen LogP contribution in [0.2, 0.25) is 96.2 Å². The molecule has 0 saturated carbocycles. The van der Waals surface area contributed by atoms with Gasteiger partial charge in [0.2, 0.25) is 0 Å². The molecule has 0 fully saturated rings. The Labute approximate surface area is 230 Å². The molecule has 0 radical (unpaired) electrons. The number of halogens is 1. The first-order chi connectivity index (χ1) is 15.2. The molecule has 0 N–H and O–H groups in total. The third kappa shape index (κ3) is 14.0. The van der Waals surface area contributed by atoms with Gasteiger partial charge in [0.1, 0.15) is 0 Å². The van der Waals surface area contributed by atoms with E-state index in [4.69, 9.17) is 35.8 Å². The summed E-state index contributed by atoms with van der Waals surface area (Å²) in [6.45, 7) is 36.4. The average molecular weight is 638 g/mol. The molecule has 14 heteroatoms. The van der Waals surface area contributed by atoms with E-state index in [1.54, 1.807) is 0 Å². The van der Waals surface area contributed by atoms with Crippen molar-refractivity contribution >= 4 is 69.8 Å². The van der Waals surface area contributed by atoms with Crippen molar-refractivity contribution in [1.29, 1.82) is 0 Å². The molecular formula is C21H57ClO6Si7. The molecule has 0 aliphatic carbocycles. The molecule has 0 bridgehead atoms. The summed E-state index contributed by atoms with van der Waals surface area (Å²) in [5.74, 6) is 0. The van der Waals surface area contributed by atoms with Crippen LogP contribution < -0.4 is 0 Å². The zero-order valence-electron chi connectivity index (χ0n) is 25.9. The van der Waals surface area contributed by atoms with Crippen LogP contribution >= 0.6 is 11.1 Å². The standard InChI is InChI=1S/C21H57ClO6Si7/c1-18-20(3)35(22,21(4)19-2)28-34(16,17)27-33(14,15)26-32(12,13)25-31(10,11)24-30(8,9)23-29(5,6)7/h20-21H,18-19H2,1-17H3. The summed E-state index contributed by atoms with van der Waals surface area (Å²) < 4.78 is 39.9. The van der Waals surface area contributed by atoms with E-state index >= 15 is 0 Å². The van der Waals surface area contributed by atoms with Gasteiger partial charge in [-0.2, -0.15) is 0 Å². The van der Waals surface area contributed by atoms with Crippen LogP contribution in [0.15, 0.2) is 0 Å². The molecule has 0 heterocycles. The normalized spacial score (nSPS) is 18.3. The van der Waals surface area contributed by atoms with Gasteiger partial charge in [0, 0.05) is 0 Å². The minimum Gasteiger partial charge on any atom is -0.437 e. The fraction of sp³-hybridized carbons (Fsp3) is 1.00. The lowest BCUT2D eigenvalue weighted by atomic mass is 10.4. The Balaban J connectivity index is 5.49. The summed E-state index contributed by atoms with van der Waals surface area (Å²) in [6, 6.07) is 0. The summed E-state index contributed by atoms with van der Waals surface area (Å²) in [5.41, 5.74) is 0.702. The largest absolute Gasteiger partial charge is 0.437 e. The van der Waals surface area contributed by atoms with Crippen LogP contribution in [-0.2, 0) is 24.7 Å². The Morgan fingerprint density at radius 1 is 0.457 bits per heavy atom. The average Bonchev–Trinajstić information content (AvgIpc) is 2.52. The van der Waals surface area contributed by atoms with Gasteiger partial charge in [-0.3, -0.25) is 0 Å². The first kappa shape index (κ1) is 36.6. The molecule has 0 rings (SSSR count). The Morgan fingerprint density at radius 2 is 0.686 bits per heavy atom. The maximum atomic E-state index is 7.30. The van der Waals surface area contributed by atoms with Gasteiger partial charge in [-0.15, -0.1) is 11.1 Å². The van der Waals surface area contributed by atoms with E-state index in [-0.39, 0.29) is 0 Å². The van der Waals surface area contributed by atoms with E-state index in [2.05, 4.69) is 113 Å². The summed E-state index contributed by atoms with van der Waals surface area (Å²) in [6.07, 6.45) is 2.02. The third-order valence-corrected chi connectivity index (χ3v) is 35.3. The summed E-state index contributed by atoms with van der Waals surface area (Å²) in [4.78, 5) is 0. The molecule has 0 amide bonds. The van der Waals surface area contributed by atoms with Crippen LogP contribution in [0.1, 0.15) is 40.5 Å². The zero-order chi connectivity index (χ0) is 28.3. The molecule has 212 valence electrons. The summed E-state index contributed by atoms with van der Waals surface area (Å²) >= 11 is 7.30. The smallest absolute Gasteiger partial charge is 0.314 e. The highest BCUT2D eigenvalue weighted by molar-refractivity contribution is 7.20. The maximum Gasteiger partial charge on any atom is 0.314 e. The van der Waals surface area contributed by atoms with Gasteiger partial charge in [-0.25, -0.2) is 0 Å². The molecule has 35 heavy (non-hydrogen) atoms. The minimum absolute atomic E-state index is 0.351. The fourth-order valence-corrected chi connectivity index (χ4v) is 41.7. The molecule has 6 nitrogen and oxygen atoms in total. The van der Waals surface area contributed by atoms with Crippen molar-refractivity contribution in [1.82, 2.24) is 0 Å². The molecule has 0 aromatic rings. The second-order valence-corrected chi connectivity index (χ2v) is 41.3. The lowest BCUT2D eigenvalue weighted by molar-refractivity contribution is 0.270. The zero-order valence-corrected chi connectivity index (χ0v) is 33.7. The summed E-state index contributed by atoms with van der Waals surface area (Å²) in [7, 11) is -16.7. The van der Waals surface area contributed by atoms with Gasteiger partial charge >= 0.3 is 42.8 Å². The van der Waals surface area contributed by atoms with Crippen LogP contribution in [-0.4, -0.2) is 58.7 Å². The third-order valence-electron chi connectivity index (χ3n) is 5.49. The van der Waals surface area contributed by atoms with Crippen LogP contribution in [0.4, 0.5) is 0 Å². The lowest BCUT2D eigenvalue weighted by Crippen LogP contribution is -2.61. The predicted octanol–water partition coefficient (Wildman–Crippen LogP) is 8.71. The van der Waals surface area contributed by atoms with Crippen LogP contribution in [0.3, 0.4) is 0 Å². The van der Waals surface area contributed by atoms with Gasteiger partial charge in [-0.05, 0) is 96.2 Å². The molecule has 2 unspecified atom stereocenters. The molecule has 0 aliphatic rings. The van der Waals surface area contributed by atoms with Gasteiger partial charge < -0.3 is 24.7 Å². The monoisotopic (exact) mass is 636 g/mol. The van der Waals surface area contributed by atoms with Crippen molar-refractivity contribution in [3.8, 4) is 0 Å². The topological polar surface area (TPSA) is 55.4 Å². The van der Waals surface area contributed by atoms with E-state index in [0.29, 0.717) is 11.1 Å². The highest BCUT2D eigenvalue weighted by Gasteiger charge is 2.51. The van der Waals surface area contributed by atoms with Gasteiger partial charge in [-0.1, -0.05) is 40.5 Å². The quantitative estimate of drug-likeness (QED) is 0.125. The Hall–Kier alpha value is 1.57. The molecule has 0 aromatic heterocycles. The lowest BCUT2D eigenvalue weighted by Gasteiger charge is -2.45.